The van der Waals surface area contributed by atoms with Crippen LogP contribution in [-0.4, -0.2) is 9.13 Å². The van der Waals surface area contributed by atoms with E-state index in [1.165, 1.54) is 99.5 Å². The van der Waals surface area contributed by atoms with Crippen LogP contribution in [0.25, 0.3) is 88.4 Å². The first kappa shape index (κ1) is 28.2. The van der Waals surface area contributed by atoms with Gasteiger partial charge >= 0.3 is 0 Å². The predicted octanol–water partition coefficient (Wildman–Crippen LogP) is 12.8. The average molecular weight is 649 g/mol. The van der Waals surface area contributed by atoms with E-state index >= 15 is 0 Å². The maximum atomic E-state index is 2.53. The average Bonchev–Trinajstić information content (AvgIpc) is 3.86. The Morgan fingerprint density at radius 3 is 1.59 bits per heavy atom. The predicted molar refractivity (Wildman–Crippen MR) is 214 cm³/mol. The van der Waals surface area contributed by atoms with Crippen LogP contribution < -0.4 is 0 Å². The second-order valence-electron chi connectivity index (χ2n) is 13.7. The van der Waals surface area contributed by atoms with E-state index in [1.807, 2.05) is 0 Å². The molecule has 0 bridgehead atoms. The molecule has 2 heteroatoms. The van der Waals surface area contributed by atoms with Crippen LogP contribution in [0.5, 0.6) is 0 Å². The summed E-state index contributed by atoms with van der Waals surface area (Å²) in [7, 11) is 0. The van der Waals surface area contributed by atoms with Crippen LogP contribution in [-0.2, 0) is 6.42 Å². The van der Waals surface area contributed by atoms with Gasteiger partial charge in [-0.3, -0.25) is 0 Å². The maximum Gasteiger partial charge on any atom is 0.0549 e. The fourth-order valence-corrected chi connectivity index (χ4v) is 8.83. The lowest BCUT2D eigenvalue weighted by Gasteiger charge is -2.13. The molecule has 2 aromatic heterocycles. The number of nitrogens with zero attached hydrogens (tertiary/aromatic N) is 2. The first-order valence-corrected chi connectivity index (χ1v) is 17.7. The monoisotopic (exact) mass is 648 g/mol. The van der Waals surface area contributed by atoms with Crippen molar-refractivity contribution in [2.24, 2.45) is 0 Å². The van der Waals surface area contributed by atoms with Gasteiger partial charge in [0, 0.05) is 33.7 Å². The Kier molecular flexibility index (Phi) is 6.05. The second kappa shape index (κ2) is 10.9. The minimum atomic E-state index is 0.902. The Morgan fingerprint density at radius 2 is 0.863 bits per heavy atom. The zero-order chi connectivity index (χ0) is 33.5. The summed E-state index contributed by atoms with van der Waals surface area (Å²) < 4.78 is 4.98. The fourth-order valence-electron chi connectivity index (χ4n) is 8.83. The molecule has 0 saturated heterocycles. The van der Waals surface area contributed by atoms with Crippen molar-refractivity contribution in [3.05, 3.63) is 193 Å². The number of fused-ring (bicyclic) bond motifs is 10. The standard InChI is InChI=1S/C49H32N2/c1-3-14-32(15-4-1)34-18-11-19-35(30-34)50-43-25-9-7-20-39(43)48-46(50)28-29-47-49(48)40-21-8-10-26-44(40)51(47)45-27-13-24-38-37-23-12-22-36(41(37)31-42(38)45)33-16-5-2-6-17-33/h1-30H,31H2. The van der Waals surface area contributed by atoms with Crippen molar-refractivity contribution in [1.29, 1.82) is 0 Å². The molecule has 2 heterocycles. The van der Waals surface area contributed by atoms with Crippen LogP contribution in [0.4, 0.5) is 0 Å². The number of hydrogen-bond donors (Lipinski definition) is 0. The molecular formula is C49H32N2. The topological polar surface area (TPSA) is 9.86 Å². The van der Waals surface area contributed by atoms with Gasteiger partial charge < -0.3 is 9.13 Å². The lowest BCUT2D eigenvalue weighted by molar-refractivity contribution is 1.12. The number of hydrogen-bond acceptors (Lipinski definition) is 0. The van der Waals surface area contributed by atoms with E-state index in [0.29, 0.717) is 0 Å². The van der Waals surface area contributed by atoms with Crippen molar-refractivity contribution in [3.8, 4) is 44.8 Å². The molecule has 0 saturated carbocycles. The van der Waals surface area contributed by atoms with Gasteiger partial charge in [0.15, 0.2) is 0 Å². The third-order valence-electron chi connectivity index (χ3n) is 11.0. The molecule has 2 nitrogen and oxygen atoms in total. The van der Waals surface area contributed by atoms with Crippen molar-refractivity contribution in [2.75, 3.05) is 0 Å². The van der Waals surface area contributed by atoms with Gasteiger partial charge in [-0.05, 0) is 87.0 Å². The van der Waals surface area contributed by atoms with Crippen LogP contribution >= 0.6 is 0 Å². The summed E-state index contributed by atoms with van der Waals surface area (Å²) in [5, 5.41) is 5.14. The molecule has 0 aliphatic heterocycles. The Bertz CT molecular complexity index is 2980. The van der Waals surface area contributed by atoms with Gasteiger partial charge in [0.2, 0.25) is 0 Å². The van der Waals surface area contributed by atoms with Crippen molar-refractivity contribution in [1.82, 2.24) is 9.13 Å². The van der Waals surface area contributed by atoms with Crippen LogP contribution in [0, 0.1) is 0 Å². The third kappa shape index (κ3) is 4.11. The molecule has 0 radical (unpaired) electrons. The second-order valence-corrected chi connectivity index (χ2v) is 13.7. The SMILES string of the molecule is c1ccc(-c2cccc(-n3c4ccccc4c4c5c6ccccc6n(-c6cccc7c6Cc6c(-c8ccccc8)cccc6-7)c5ccc43)c2)cc1. The highest BCUT2D eigenvalue weighted by molar-refractivity contribution is 6.29. The number of benzene rings is 8. The lowest BCUT2D eigenvalue weighted by Crippen LogP contribution is -1.99. The van der Waals surface area contributed by atoms with Gasteiger partial charge in [0.05, 0.1) is 27.8 Å². The van der Waals surface area contributed by atoms with Gasteiger partial charge in [-0.2, -0.15) is 0 Å². The number of aromatic nitrogens is 2. The van der Waals surface area contributed by atoms with E-state index in [1.54, 1.807) is 0 Å². The first-order chi connectivity index (χ1) is 25.3. The molecule has 0 spiro atoms. The van der Waals surface area contributed by atoms with Gasteiger partial charge in [0.25, 0.3) is 0 Å². The number of para-hydroxylation sites is 2. The molecule has 0 amide bonds. The van der Waals surface area contributed by atoms with E-state index in [4.69, 9.17) is 0 Å². The van der Waals surface area contributed by atoms with Gasteiger partial charge in [-0.1, -0.05) is 140 Å². The summed E-state index contributed by atoms with van der Waals surface area (Å²) in [5.74, 6) is 0. The Morgan fingerprint density at radius 1 is 0.333 bits per heavy atom. The van der Waals surface area contributed by atoms with Crippen molar-refractivity contribution in [2.45, 2.75) is 6.42 Å². The Labute approximate surface area is 296 Å². The summed E-state index contributed by atoms with van der Waals surface area (Å²) in [5.41, 5.74) is 17.8. The molecule has 238 valence electrons. The molecular weight excluding hydrogens is 617 g/mol. The van der Waals surface area contributed by atoms with E-state index in [2.05, 4.69) is 191 Å². The van der Waals surface area contributed by atoms with E-state index in [0.717, 1.165) is 6.42 Å². The van der Waals surface area contributed by atoms with Gasteiger partial charge in [-0.25, -0.2) is 0 Å². The molecule has 0 atom stereocenters. The molecule has 51 heavy (non-hydrogen) atoms. The minimum Gasteiger partial charge on any atom is -0.309 e. The number of rotatable bonds is 4. The quantitative estimate of drug-likeness (QED) is 0.180. The van der Waals surface area contributed by atoms with Crippen LogP contribution in [0.3, 0.4) is 0 Å². The van der Waals surface area contributed by atoms with Crippen molar-refractivity contribution in [3.63, 3.8) is 0 Å². The highest BCUT2D eigenvalue weighted by Gasteiger charge is 2.27. The fraction of sp³-hybridized carbons (Fsp3) is 0.0204. The Hall–Kier alpha value is -6.64. The van der Waals surface area contributed by atoms with E-state index in [9.17, 15) is 0 Å². The van der Waals surface area contributed by atoms with Crippen LogP contribution in [0.1, 0.15) is 11.1 Å². The van der Waals surface area contributed by atoms with Crippen LogP contribution in [0.2, 0.25) is 0 Å². The summed E-state index contributed by atoms with van der Waals surface area (Å²) in [6.45, 7) is 0. The van der Waals surface area contributed by atoms with Crippen molar-refractivity contribution < 1.29 is 0 Å². The van der Waals surface area contributed by atoms with Gasteiger partial charge in [-0.15, -0.1) is 0 Å². The Balaban J connectivity index is 1.17. The summed E-state index contributed by atoms with van der Waals surface area (Å²) in [4.78, 5) is 0. The molecule has 8 aromatic carbocycles. The van der Waals surface area contributed by atoms with Crippen molar-refractivity contribution >= 4 is 43.6 Å². The molecule has 0 fully saturated rings. The molecule has 11 rings (SSSR count). The summed E-state index contributed by atoms with van der Waals surface area (Å²) in [6, 6.07) is 66.7. The summed E-state index contributed by atoms with van der Waals surface area (Å²) >= 11 is 0. The first-order valence-electron chi connectivity index (χ1n) is 17.7. The smallest absolute Gasteiger partial charge is 0.0549 e. The molecule has 1 aliphatic carbocycles. The normalized spacial score (nSPS) is 12.2. The minimum absolute atomic E-state index is 0.902. The summed E-state index contributed by atoms with van der Waals surface area (Å²) in [6.07, 6.45) is 0.902. The van der Waals surface area contributed by atoms with Gasteiger partial charge in [0.1, 0.15) is 0 Å². The lowest BCUT2D eigenvalue weighted by atomic mass is 9.96. The zero-order valence-corrected chi connectivity index (χ0v) is 27.9. The molecule has 0 unspecified atom stereocenters. The van der Waals surface area contributed by atoms with E-state index in [-0.39, 0.29) is 0 Å². The molecule has 1 aliphatic rings. The largest absolute Gasteiger partial charge is 0.309 e. The maximum absolute atomic E-state index is 2.53. The van der Waals surface area contributed by atoms with Crippen LogP contribution in [0.15, 0.2) is 182 Å². The highest BCUT2D eigenvalue weighted by Crippen LogP contribution is 2.47. The third-order valence-corrected chi connectivity index (χ3v) is 11.0. The zero-order valence-electron chi connectivity index (χ0n) is 27.9. The highest BCUT2D eigenvalue weighted by atomic mass is 15.0. The molecule has 0 N–H and O–H groups in total. The molecule has 10 aromatic rings. The van der Waals surface area contributed by atoms with E-state index < -0.39 is 0 Å².